The number of methoxy groups -OCH3 is 1. The van der Waals surface area contributed by atoms with E-state index in [4.69, 9.17) is 16.3 Å². The molecule has 1 atom stereocenters. The second-order valence-electron chi connectivity index (χ2n) is 6.60. The normalized spacial score (nSPS) is 16.5. The molecule has 1 aromatic carbocycles. The number of rotatable bonds is 6. The highest BCUT2D eigenvalue weighted by atomic mass is 35.5. The monoisotopic (exact) mass is 457 g/mol. The molecule has 1 aliphatic rings. The molecule has 0 saturated carbocycles. The molecule has 2 aromatic rings. The third kappa shape index (κ3) is 5.40. The Hall–Kier alpha value is -2.30. The number of carbonyl (C=O) groups is 2. The lowest BCUT2D eigenvalue weighted by Crippen LogP contribution is -2.36. The summed E-state index contributed by atoms with van der Waals surface area (Å²) < 4.78 is 30.0. The van der Waals surface area contributed by atoms with Crippen molar-refractivity contribution in [2.75, 3.05) is 34.8 Å². The SMILES string of the molecule is COC(=O)[C@@H]1CCCN1c1csc(C(=O)Nc2cc(Cl)cc(NS(C)(=O)=O)c2)c1. The number of benzene rings is 1. The molecule has 3 rings (SSSR count). The van der Waals surface area contributed by atoms with Crippen LogP contribution < -0.4 is 14.9 Å². The Morgan fingerprint density at radius 2 is 1.97 bits per heavy atom. The number of esters is 1. The number of hydrogen-bond donors (Lipinski definition) is 2. The van der Waals surface area contributed by atoms with Crippen LogP contribution in [-0.2, 0) is 19.6 Å². The summed E-state index contributed by atoms with van der Waals surface area (Å²) in [7, 11) is -2.11. The Morgan fingerprint density at radius 3 is 2.66 bits per heavy atom. The first-order valence-corrected chi connectivity index (χ1v) is 11.8. The summed E-state index contributed by atoms with van der Waals surface area (Å²) in [5.41, 5.74) is 1.40. The fourth-order valence-electron chi connectivity index (χ4n) is 3.18. The molecule has 1 amide bonds. The lowest BCUT2D eigenvalue weighted by atomic mass is 10.2. The van der Waals surface area contributed by atoms with Crippen LogP contribution in [0.5, 0.6) is 0 Å². The Kier molecular flexibility index (Phi) is 6.35. The van der Waals surface area contributed by atoms with Gasteiger partial charge in [-0.1, -0.05) is 11.6 Å². The molecule has 8 nitrogen and oxygen atoms in total. The van der Waals surface area contributed by atoms with E-state index < -0.39 is 10.0 Å². The molecule has 1 fully saturated rings. The highest BCUT2D eigenvalue weighted by Crippen LogP contribution is 2.31. The fourth-order valence-corrected chi connectivity index (χ4v) is 4.76. The summed E-state index contributed by atoms with van der Waals surface area (Å²) in [6.45, 7) is 0.715. The third-order valence-electron chi connectivity index (χ3n) is 4.33. The van der Waals surface area contributed by atoms with Crippen LogP contribution in [0.1, 0.15) is 22.5 Å². The predicted octanol–water partition coefficient (Wildman–Crippen LogP) is 3.17. The molecule has 2 heterocycles. The maximum atomic E-state index is 12.6. The van der Waals surface area contributed by atoms with Crippen LogP contribution in [0.4, 0.5) is 17.1 Å². The Labute approximate surface area is 177 Å². The minimum absolute atomic E-state index is 0.250. The summed E-state index contributed by atoms with van der Waals surface area (Å²) in [5.74, 6) is -0.646. The third-order valence-corrected chi connectivity index (χ3v) is 6.07. The number of hydrogen-bond acceptors (Lipinski definition) is 7. The summed E-state index contributed by atoms with van der Waals surface area (Å²) in [5, 5.41) is 4.82. The van der Waals surface area contributed by atoms with Gasteiger partial charge in [-0.05, 0) is 37.1 Å². The van der Waals surface area contributed by atoms with Crippen LogP contribution >= 0.6 is 22.9 Å². The van der Waals surface area contributed by atoms with Crippen molar-refractivity contribution in [2.45, 2.75) is 18.9 Å². The van der Waals surface area contributed by atoms with Crippen LogP contribution in [0, 0.1) is 0 Å². The molecule has 11 heteroatoms. The Bertz CT molecular complexity index is 1040. The van der Waals surface area contributed by atoms with Crippen LogP contribution in [0.2, 0.25) is 5.02 Å². The van der Waals surface area contributed by atoms with Crippen molar-refractivity contribution in [3.05, 3.63) is 39.5 Å². The zero-order valence-electron chi connectivity index (χ0n) is 15.8. The van der Waals surface area contributed by atoms with Crippen LogP contribution in [0.25, 0.3) is 0 Å². The molecule has 156 valence electrons. The van der Waals surface area contributed by atoms with E-state index in [1.165, 1.54) is 36.6 Å². The lowest BCUT2D eigenvalue weighted by Gasteiger charge is -2.23. The average molecular weight is 458 g/mol. The first-order valence-electron chi connectivity index (χ1n) is 8.69. The molecule has 1 saturated heterocycles. The maximum absolute atomic E-state index is 12.6. The van der Waals surface area contributed by atoms with Gasteiger partial charge in [-0.3, -0.25) is 9.52 Å². The van der Waals surface area contributed by atoms with E-state index in [-0.39, 0.29) is 28.6 Å². The van der Waals surface area contributed by atoms with Crippen LogP contribution in [0.15, 0.2) is 29.6 Å². The number of sulfonamides is 1. The summed E-state index contributed by atoms with van der Waals surface area (Å²) in [4.78, 5) is 27.0. The highest BCUT2D eigenvalue weighted by Gasteiger charge is 2.32. The minimum Gasteiger partial charge on any atom is -0.467 e. The van der Waals surface area contributed by atoms with Crippen molar-refractivity contribution < 1.29 is 22.7 Å². The van der Waals surface area contributed by atoms with E-state index in [0.29, 0.717) is 23.5 Å². The molecular formula is C18H20ClN3O5S2. The average Bonchev–Trinajstić information content (AvgIpc) is 3.28. The van der Waals surface area contributed by atoms with Crippen molar-refractivity contribution in [1.29, 1.82) is 0 Å². The zero-order valence-corrected chi connectivity index (χ0v) is 18.2. The maximum Gasteiger partial charge on any atom is 0.328 e. The van der Waals surface area contributed by atoms with Crippen molar-refractivity contribution >= 4 is 61.9 Å². The van der Waals surface area contributed by atoms with Gasteiger partial charge in [0.2, 0.25) is 10.0 Å². The Balaban J connectivity index is 1.75. The van der Waals surface area contributed by atoms with Gasteiger partial charge in [0.15, 0.2) is 0 Å². The van der Waals surface area contributed by atoms with E-state index in [1.54, 1.807) is 6.07 Å². The number of nitrogens with one attached hydrogen (secondary N) is 2. The van der Waals surface area contributed by atoms with Gasteiger partial charge in [0.05, 0.1) is 23.9 Å². The van der Waals surface area contributed by atoms with Crippen molar-refractivity contribution in [2.24, 2.45) is 0 Å². The number of thiophene rings is 1. The highest BCUT2D eigenvalue weighted by molar-refractivity contribution is 7.92. The molecule has 0 bridgehead atoms. The van der Waals surface area contributed by atoms with Crippen LogP contribution in [-0.4, -0.2) is 46.2 Å². The van der Waals surface area contributed by atoms with Crippen LogP contribution in [0.3, 0.4) is 0 Å². The van der Waals surface area contributed by atoms with Gasteiger partial charge in [-0.15, -0.1) is 11.3 Å². The molecule has 0 radical (unpaired) electrons. The molecule has 29 heavy (non-hydrogen) atoms. The molecule has 1 aliphatic heterocycles. The first kappa shape index (κ1) is 21.4. The molecule has 2 N–H and O–H groups in total. The first-order chi connectivity index (χ1) is 13.7. The van der Waals surface area contributed by atoms with E-state index >= 15 is 0 Å². The second kappa shape index (κ2) is 8.60. The van der Waals surface area contributed by atoms with E-state index in [2.05, 4.69) is 10.0 Å². The number of halogens is 1. The Morgan fingerprint density at radius 1 is 1.24 bits per heavy atom. The summed E-state index contributed by atoms with van der Waals surface area (Å²) in [6.07, 6.45) is 2.61. The van der Waals surface area contributed by atoms with Crippen molar-refractivity contribution in [3.63, 3.8) is 0 Å². The lowest BCUT2D eigenvalue weighted by molar-refractivity contribution is -0.141. The second-order valence-corrected chi connectivity index (χ2v) is 9.70. The molecule has 0 aliphatic carbocycles. The molecule has 0 spiro atoms. The van der Waals surface area contributed by atoms with Gasteiger partial charge in [0.25, 0.3) is 5.91 Å². The van der Waals surface area contributed by atoms with Gasteiger partial charge in [-0.2, -0.15) is 0 Å². The zero-order chi connectivity index (χ0) is 21.2. The van der Waals surface area contributed by atoms with Gasteiger partial charge in [0.1, 0.15) is 6.04 Å². The van der Waals surface area contributed by atoms with Crippen molar-refractivity contribution in [1.82, 2.24) is 0 Å². The largest absolute Gasteiger partial charge is 0.467 e. The number of nitrogens with zero attached hydrogens (tertiary/aromatic N) is 1. The summed E-state index contributed by atoms with van der Waals surface area (Å²) in [6, 6.07) is 5.83. The van der Waals surface area contributed by atoms with Gasteiger partial charge < -0.3 is 15.0 Å². The topological polar surface area (TPSA) is 105 Å². The smallest absolute Gasteiger partial charge is 0.328 e. The standard InChI is InChI=1S/C18H20ClN3O5S2/c1-27-18(24)15-4-3-5-22(15)14-9-16(28-10-14)17(23)20-12-6-11(19)7-13(8-12)21-29(2,25)26/h6-10,15,21H,3-5H2,1-2H3,(H,20,23)/t15-/m0/s1. The van der Waals surface area contributed by atoms with E-state index in [1.807, 2.05) is 10.3 Å². The number of carbonyl (C=O) groups excluding carboxylic acids is 2. The molecular weight excluding hydrogens is 438 g/mol. The predicted molar refractivity (Wildman–Crippen MR) is 115 cm³/mol. The van der Waals surface area contributed by atoms with E-state index in [0.717, 1.165) is 18.4 Å². The number of anilines is 3. The summed E-state index contributed by atoms with van der Waals surface area (Å²) >= 11 is 7.28. The number of amides is 1. The van der Waals surface area contributed by atoms with E-state index in [9.17, 15) is 18.0 Å². The molecule has 1 aromatic heterocycles. The van der Waals surface area contributed by atoms with Gasteiger partial charge >= 0.3 is 5.97 Å². The number of ether oxygens (including phenoxy) is 1. The van der Waals surface area contributed by atoms with Gasteiger partial charge in [-0.25, -0.2) is 13.2 Å². The minimum atomic E-state index is -3.47. The van der Waals surface area contributed by atoms with Gasteiger partial charge in [0, 0.05) is 28.3 Å². The molecule has 0 unspecified atom stereocenters. The fraction of sp³-hybridized carbons (Fsp3) is 0.333. The quantitative estimate of drug-likeness (QED) is 0.645. The van der Waals surface area contributed by atoms with Crippen molar-refractivity contribution in [3.8, 4) is 0 Å².